The maximum atomic E-state index is 13.3. The summed E-state index contributed by atoms with van der Waals surface area (Å²) in [7, 11) is 1.60. The zero-order chi connectivity index (χ0) is 31.5. The van der Waals surface area contributed by atoms with Gasteiger partial charge in [0, 0.05) is 44.7 Å². The van der Waals surface area contributed by atoms with Crippen LogP contribution in [0, 0.1) is 0 Å². The first kappa shape index (κ1) is 32.2. The normalized spacial score (nSPS) is 18.3. The van der Waals surface area contributed by atoms with Gasteiger partial charge in [-0.3, -0.25) is 4.90 Å². The summed E-state index contributed by atoms with van der Waals surface area (Å²) in [6.07, 6.45) is 0.600. The molecule has 12 nitrogen and oxygen atoms in total. The van der Waals surface area contributed by atoms with E-state index in [0.717, 1.165) is 11.1 Å². The second kappa shape index (κ2) is 15.7. The summed E-state index contributed by atoms with van der Waals surface area (Å²) in [5, 5.41) is 11.3. The van der Waals surface area contributed by atoms with Crippen molar-refractivity contribution < 1.29 is 33.4 Å². The summed E-state index contributed by atoms with van der Waals surface area (Å²) in [6.45, 7) is 4.84. The molecule has 0 saturated heterocycles. The minimum atomic E-state index is -0.741. The van der Waals surface area contributed by atoms with E-state index < -0.39 is 36.1 Å². The molecule has 2 aromatic rings. The minimum absolute atomic E-state index is 0.105. The van der Waals surface area contributed by atoms with Gasteiger partial charge >= 0.3 is 24.0 Å². The topological polar surface area (TPSA) is 147 Å². The average Bonchev–Trinajstić information content (AvgIpc) is 3.01. The largest absolute Gasteiger partial charge is 0.463 e. The molecule has 0 unspecified atom stereocenters. The van der Waals surface area contributed by atoms with Gasteiger partial charge < -0.3 is 35.5 Å². The molecule has 12 heteroatoms. The summed E-state index contributed by atoms with van der Waals surface area (Å²) < 4.78 is 16.1. The number of amides is 4. The number of rotatable bonds is 14. The molecule has 4 amide bonds. The van der Waals surface area contributed by atoms with Crippen LogP contribution in [0.5, 0.6) is 0 Å². The Hall–Kier alpha value is -4.68. The lowest BCUT2D eigenvalue weighted by Crippen LogP contribution is -2.51. The van der Waals surface area contributed by atoms with E-state index in [2.05, 4.69) is 21.3 Å². The van der Waals surface area contributed by atoms with Crippen LogP contribution in [-0.2, 0) is 23.8 Å². The highest BCUT2D eigenvalue weighted by molar-refractivity contribution is 5.96. The highest BCUT2D eigenvalue weighted by Crippen LogP contribution is 2.30. The van der Waals surface area contributed by atoms with E-state index in [1.807, 2.05) is 65.6 Å². The Bertz CT molecular complexity index is 1290. The molecule has 2 aromatic carbocycles. The quantitative estimate of drug-likeness (QED) is 0.190. The van der Waals surface area contributed by atoms with E-state index in [4.69, 9.17) is 14.2 Å². The molecule has 0 spiro atoms. The van der Waals surface area contributed by atoms with Crippen molar-refractivity contribution >= 4 is 24.0 Å². The van der Waals surface area contributed by atoms with Gasteiger partial charge in [0.05, 0.1) is 36.4 Å². The number of hydrogen-bond donors (Lipinski definition) is 4. The lowest BCUT2D eigenvalue weighted by Gasteiger charge is -2.34. The number of esters is 2. The fourth-order valence-corrected chi connectivity index (χ4v) is 5.27. The first-order valence-corrected chi connectivity index (χ1v) is 14.6. The number of hydrogen-bond acceptors (Lipinski definition) is 8. The molecule has 0 saturated carbocycles. The average molecular weight is 606 g/mol. The van der Waals surface area contributed by atoms with E-state index in [0.29, 0.717) is 31.0 Å². The Morgan fingerprint density at radius 1 is 0.727 bits per heavy atom. The predicted molar refractivity (Wildman–Crippen MR) is 162 cm³/mol. The van der Waals surface area contributed by atoms with E-state index in [9.17, 15) is 19.2 Å². The zero-order valence-electron chi connectivity index (χ0n) is 25.2. The minimum Gasteiger partial charge on any atom is -0.463 e. The standard InChI is InChI=1S/C32H39N5O7/c1-4-43-29(38)25-23(33-31(40)35-27(25)21-13-8-6-9-14-21)19-37(17-12-18-42-3)20-24-26(30(39)44-5-2)28(36-32(41)34-24)22-15-10-7-11-16-22/h6-11,13-16,27-28H,4-5,12,17-20H2,1-3H3,(H2,33,35,40)(H2,34,36,41)/t27-,28-/m0/s1. The molecule has 2 aliphatic rings. The van der Waals surface area contributed by atoms with Crippen LogP contribution in [0.25, 0.3) is 0 Å². The maximum Gasteiger partial charge on any atom is 0.338 e. The van der Waals surface area contributed by atoms with Gasteiger partial charge in [0.15, 0.2) is 0 Å². The second-order valence-corrected chi connectivity index (χ2v) is 10.2. The van der Waals surface area contributed by atoms with Crippen LogP contribution in [0.1, 0.15) is 43.5 Å². The Morgan fingerprint density at radius 2 is 1.16 bits per heavy atom. The number of ether oxygens (including phenoxy) is 3. The smallest absolute Gasteiger partial charge is 0.338 e. The maximum absolute atomic E-state index is 13.3. The lowest BCUT2D eigenvalue weighted by molar-refractivity contribution is -0.140. The van der Waals surface area contributed by atoms with Crippen LogP contribution in [0.4, 0.5) is 9.59 Å². The number of benzene rings is 2. The molecule has 0 fully saturated rings. The van der Waals surface area contributed by atoms with E-state index in [1.54, 1.807) is 21.0 Å². The van der Waals surface area contributed by atoms with Crippen molar-refractivity contribution in [1.29, 1.82) is 0 Å². The molecular weight excluding hydrogens is 566 g/mol. The van der Waals surface area contributed by atoms with Gasteiger partial charge in [-0.25, -0.2) is 19.2 Å². The molecule has 0 bridgehead atoms. The van der Waals surface area contributed by atoms with E-state index >= 15 is 0 Å². The van der Waals surface area contributed by atoms with Crippen LogP contribution in [0.2, 0.25) is 0 Å². The number of nitrogens with zero attached hydrogens (tertiary/aromatic N) is 1. The fourth-order valence-electron chi connectivity index (χ4n) is 5.27. The first-order valence-electron chi connectivity index (χ1n) is 14.6. The van der Waals surface area contributed by atoms with Gasteiger partial charge in [0.25, 0.3) is 0 Å². The summed E-state index contributed by atoms with van der Waals surface area (Å²) in [5.41, 5.74) is 2.69. The SMILES string of the molecule is CCOC(=O)C1=C(CN(CCCOC)CC2=C(C(=O)OCC)[C@H](c3ccccc3)NC(=O)N2)NC(=O)N[C@H]1c1ccccc1. The molecule has 4 N–H and O–H groups in total. The summed E-state index contributed by atoms with van der Waals surface area (Å²) in [6, 6.07) is 15.9. The number of carbonyl (C=O) groups is 4. The Balaban J connectivity index is 1.77. The fraction of sp³-hybridized carbons (Fsp3) is 0.375. The van der Waals surface area contributed by atoms with Gasteiger partial charge in [0.1, 0.15) is 0 Å². The van der Waals surface area contributed by atoms with Gasteiger partial charge in [-0.05, 0) is 31.4 Å². The van der Waals surface area contributed by atoms with Crippen molar-refractivity contribution in [2.75, 3.05) is 46.6 Å². The number of urea groups is 2. The van der Waals surface area contributed by atoms with Gasteiger partial charge in [-0.15, -0.1) is 0 Å². The highest BCUT2D eigenvalue weighted by atomic mass is 16.5. The summed E-state index contributed by atoms with van der Waals surface area (Å²) in [4.78, 5) is 54.4. The van der Waals surface area contributed by atoms with Crippen molar-refractivity contribution in [3.05, 3.63) is 94.3 Å². The van der Waals surface area contributed by atoms with Gasteiger partial charge in [-0.2, -0.15) is 0 Å². The predicted octanol–water partition coefficient (Wildman–Crippen LogP) is 3.07. The first-order chi connectivity index (χ1) is 21.4. The second-order valence-electron chi connectivity index (χ2n) is 10.2. The van der Waals surface area contributed by atoms with E-state index in [1.165, 1.54) is 0 Å². The Morgan fingerprint density at radius 3 is 1.55 bits per heavy atom. The van der Waals surface area contributed by atoms with Gasteiger partial charge in [-0.1, -0.05) is 60.7 Å². The third kappa shape index (κ3) is 8.03. The van der Waals surface area contributed by atoms with Crippen molar-refractivity contribution in [3.63, 3.8) is 0 Å². The lowest BCUT2D eigenvalue weighted by atomic mass is 9.94. The highest BCUT2D eigenvalue weighted by Gasteiger charge is 2.37. The number of methoxy groups -OCH3 is 1. The van der Waals surface area contributed by atoms with E-state index in [-0.39, 0.29) is 37.4 Å². The third-order valence-electron chi connectivity index (χ3n) is 7.15. The molecular formula is C32H39N5O7. The molecule has 2 atom stereocenters. The monoisotopic (exact) mass is 605 g/mol. The molecule has 44 heavy (non-hydrogen) atoms. The van der Waals surface area contributed by atoms with Gasteiger partial charge in [0.2, 0.25) is 0 Å². The van der Waals surface area contributed by atoms with Crippen LogP contribution in [0.3, 0.4) is 0 Å². The Kier molecular flexibility index (Phi) is 11.5. The molecule has 2 heterocycles. The van der Waals surface area contributed by atoms with Crippen LogP contribution in [0.15, 0.2) is 83.2 Å². The molecule has 0 aliphatic carbocycles. The molecule has 4 rings (SSSR count). The van der Waals surface area contributed by atoms with Crippen molar-refractivity contribution in [1.82, 2.24) is 26.2 Å². The van der Waals surface area contributed by atoms with Crippen LogP contribution in [-0.4, -0.2) is 75.5 Å². The number of nitrogens with one attached hydrogen (secondary N) is 4. The summed E-state index contributed by atoms with van der Waals surface area (Å²) >= 11 is 0. The van der Waals surface area contributed by atoms with Crippen molar-refractivity contribution in [2.45, 2.75) is 32.4 Å². The Labute approximate surface area is 256 Å². The van der Waals surface area contributed by atoms with Crippen LogP contribution < -0.4 is 21.3 Å². The zero-order valence-corrected chi connectivity index (χ0v) is 25.2. The molecule has 0 radical (unpaired) electrons. The van der Waals surface area contributed by atoms with Crippen LogP contribution >= 0.6 is 0 Å². The van der Waals surface area contributed by atoms with Crippen molar-refractivity contribution in [3.8, 4) is 0 Å². The molecule has 2 aliphatic heterocycles. The number of carbonyl (C=O) groups excluding carboxylic acids is 4. The third-order valence-corrected chi connectivity index (χ3v) is 7.15. The molecule has 234 valence electrons. The molecule has 0 aromatic heterocycles. The van der Waals surface area contributed by atoms with Crippen molar-refractivity contribution in [2.24, 2.45) is 0 Å². The summed E-state index contributed by atoms with van der Waals surface area (Å²) in [5.74, 6) is -1.13.